The van der Waals surface area contributed by atoms with Crippen LogP contribution in [0.2, 0.25) is 0 Å². The number of carboxylic acid groups (broad SMARTS) is 1. The Labute approximate surface area is 213 Å². The number of carbonyl (C=O) groups is 2. The quantitative estimate of drug-likeness (QED) is 0.0439. The lowest BCUT2D eigenvalue weighted by molar-refractivity contribution is -0.578. The van der Waals surface area contributed by atoms with Crippen LogP contribution in [-0.2, 0) is 14.3 Å². The van der Waals surface area contributed by atoms with E-state index < -0.39 is 48.6 Å². The monoisotopic (exact) mass is 530 g/mol. The summed E-state index contributed by atoms with van der Waals surface area (Å²) in [5.41, 5.74) is 6.98. The van der Waals surface area contributed by atoms with Crippen LogP contribution in [0.25, 0.3) is 0 Å². The molecule has 2 rings (SSSR count). The molecule has 37 heavy (non-hydrogen) atoms. The predicted octanol–water partition coefficient (Wildman–Crippen LogP) is -0.0992. The molecule has 0 spiro atoms. The molecule has 2 aliphatic rings. The zero-order valence-electron chi connectivity index (χ0n) is 20.8. The predicted molar refractivity (Wildman–Crippen MR) is 128 cm³/mol. The minimum absolute atomic E-state index is 0.0120. The smallest absolute Gasteiger partial charge is 0.376 e. The number of carbonyl (C=O) groups excluding carboxylic acids is 1. The summed E-state index contributed by atoms with van der Waals surface area (Å²) < 4.78 is 4.94. The maximum atomic E-state index is 12.9. The molecule has 1 fully saturated rings. The summed E-state index contributed by atoms with van der Waals surface area (Å²) in [6, 6.07) is -3.44. The van der Waals surface area contributed by atoms with Crippen molar-refractivity contribution in [2.45, 2.75) is 88.5 Å². The van der Waals surface area contributed by atoms with E-state index in [1.54, 1.807) is 4.90 Å². The van der Waals surface area contributed by atoms with E-state index in [1.165, 1.54) is 0 Å². The number of ether oxygens (including phenoxy) is 1. The van der Waals surface area contributed by atoms with Gasteiger partial charge in [0.2, 0.25) is 0 Å². The minimum atomic E-state index is -1.48. The van der Waals surface area contributed by atoms with E-state index in [2.05, 4.69) is 15.5 Å². The van der Waals surface area contributed by atoms with E-state index in [1.807, 2.05) is 6.92 Å². The second-order valence-electron chi connectivity index (χ2n) is 9.11. The molecule has 6 atom stereocenters. The van der Waals surface area contributed by atoms with Gasteiger partial charge in [0.05, 0.1) is 24.9 Å². The Morgan fingerprint density at radius 2 is 2.03 bits per heavy atom. The summed E-state index contributed by atoms with van der Waals surface area (Å²) in [7, 11) is 0. The number of rotatable bonds is 16. The van der Waals surface area contributed by atoms with Gasteiger partial charge in [0.1, 0.15) is 12.1 Å². The first-order valence-corrected chi connectivity index (χ1v) is 12.4. The van der Waals surface area contributed by atoms with Gasteiger partial charge in [-0.05, 0) is 50.6 Å². The van der Waals surface area contributed by atoms with Gasteiger partial charge < -0.3 is 40.4 Å². The number of nitrogens with one attached hydrogen (secondary N) is 2. The summed E-state index contributed by atoms with van der Waals surface area (Å²) in [6.07, 6.45) is -1.53. The number of carboxylic acids is 1. The average molecular weight is 531 g/mol. The van der Waals surface area contributed by atoms with Crippen LogP contribution >= 0.6 is 0 Å². The van der Waals surface area contributed by atoms with Crippen molar-refractivity contribution in [3.05, 3.63) is 15.3 Å². The fourth-order valence-corrected chi connectivity index (χ4v) is 4.24. The molecule has 2 aliphatic heterocycles. The van der Waals surface area contributed by atoms with Gasteiger partial charge in [0, 0.05) is 19.5 Å². The summed E-state index contributed by atoms with van der Waals surface area (Å²) in [4.78, 5) is 39.6. The lowest BCUT2D eigenvalue weighted by atomic mass is 10.1. The second kappa shape index (κ2) is 14.8. The summed E-state index contributed by atoms with van der Waals surface area (Å²) in [6.45, 7) is 2.58. The highest BCUT2D eigenvalue weighted by Gasteiger charge is 2.40. The summed E-state index contributed by atoms with van der Waals surface area (Å²) in [5, 5.41) is 60.0. The lowest BCUT2D eigenvalue weighted by Gasteiger charge is -2.36. The molecule has 0 radical (unpaired) electrons. The lowest BCUT2D eigenvalue weighted by Crippen LogP contribution is -2.46. The third-order valence-corrected chi connectivity index (χ3v) is 6.29. The van der Waals surface area contributed by atoms with Crippen LogP contribution < -0.4 is 5.32 Å². The van der Waals surface area contributed by atoms with Gasteiger partial charge in [-0.3, -0.25) is 5.32 Å². The van der Waals surface area contributed by atoms with Crippen LogP contribution in [0.15, 0.2) is 10.2 Å². The number of likely N-dealkylation sites (tertiary alicyclic amines) is 1. The Balaban J connectivity index is 1.95. The van der Waals surface area contributed by atoms with Gasteiger partial charge in [-0.1, -0.05) is 17.0 Å². The number of aliphatic hydroxyl groups excluding tert-OH is 2. The molecule has 0 aromatic rings. The molecule has 2 heterocycles. The molecule has 210 valence electrons. The third kappa shape index (κ3) is 8.63. The van der Waals surface area contributed by atoms with Crippen LogP contribution in [0.5, 0.6) is 0 Å². The number of hydrogen-bond donors (Lipinski definition) is 5. The van der Waals surface area contributed by atoms with Gasteiger partial charge >= 0.3 is 11.9 Å². The van der Waals surface area contributed by atoms with Gasteiger partial charge in [-0.15, -0.1) is 4.91 Å². The Kier molecular flexibility index (Phi) is 12.2. The molecule has 0 bridgehead atoms. The fourth-order valence-electron chi connectivity index (χ4n) is 4.24. The van der Waals surface area contributed by atoms with E-state index in [0.29, 0.717) is 36.6 Å². The van der Waals surface area contributed by atoms with Crippen molar-refractivity contribution >= 4 is 17.8 Å². The van der Waals surface area contributed by atoms with Crippen molar-refractivity contribution in [1.82, 2.24) is 15.3 Å². The first kappa shape index (κ1) is 30.4. The van der Waals surface area contributed by atoms with Gasteiger partial charge in [-0.2, -0.15) is 0 Å². The number of esters is 1. The molecule has 0 aromatic heterocycles. The number of β-amino-alcohol motifs (C(OH)–C–C–N with tert-alkyl or cyclic N) is 1. The Morgan fingerprint density at radius 1 is 1.30 bits per heavy atom. The maximum Gasteiger partial charge on any atom is 0.376 e. The molecule has 0 amide bonds. The SMILES string of the molecule is CCCOC(=O)[C@H](CCCNC1N=C2[C@@H](C[C@H](O)[C@H](O)CN2CCCC[C@@H](C(=O)O)[N+](=N)[O-])N1[O-])N=O. The van der Waals surface area contributed by atoms with Gasteiger partial charge in [0.15, 0.2) is 6.04 Å². The number of nitrogens with zero attached hydrogens (tertiary/aromatic N) is 5. The van der Waals surface area contributed by atoms with E-state index in [-0.39, 0.29) is 50.4 Å². The highest BCUT2D eigenvalue weighted by molar-refractivity contribution is 5.89. The van der Waals surface area contributed by atoms with Crippen LogP contribution in [0.4, 0.5) is 0 Å². The van der Waals surface area contributed by atoms with E-state index >= 15 is 0 Å². The zero-order valence-corrected chi connectivity index (χ0v) is 20.8. The second-order valence-corrected chi connectivity index (χ2v) is 9.11. The Morgan fingerprint density at radius 3 is 2.65 bits per heavy atom. The van der Waals surface area contributed by atoms with Crippen LogP contribution in [0.3, 0.4) is 0 Å². The Hall–Kier alpha value is -2.79. The highest BCUT2D eigenvalue weighted by Crippen LogP contribution is 2.26. The number of hydroxylamine groups is 3. The van der Waals surface area contributed by atoms with Crippen molar-refractivity contribution in [2.75, 3.05) is 26.2 Å². The van der Waals surface area contributed by atoms with Crippen LogP contribution in [-0.4, -0.2) is 111 Å². The average Bonchev–Trinajstić information content (AvgIpc) is 3.09. The van der Waals surface area contributed by atoms with Crippen molar-refractivity contribution in [3.63, 3.8) is 0 Å². The van der Waals surface area contributed by atoms with Crippen molar-refractivity contribution < 1.29 is 34.5 Å². The number of aliphatic imine (C=N–C) groups is 1. The largest absolute Gasteiger partial charge is 0.782 e. The van der Waals surface area contributed by atoms with E-state index in [9.17, 15) is 35.1 Å². The molecule has 5 N–H and O–H groups in total. The number of amidine groups is 1. The number of hydrogen-bond acceptors (Lipinski definition) is 14. The van der Waals surface area contributed by atoms with Gasteiger partial charge in [-0.25, -0.2) is 14.6 Å². The van der Waals surface area contributed by atoms with Crippen molar-refractivity contribution in [2.24, 2.45) is 10.2 Å². The number of unbranched alkanes of at least 4 members (excludes halogenated alkanes) is 1. The molecular weight excluding hydrogens is 494 g/mol. The molecular formula is C21H36N7O9-. The molecule has 1 unspecified atom stereocenters. The fraction of sp³-hybridized carbons (Fsp3) is 0.857. The highest BCUT2D eigenvalue weighted by atomic mass is 16.5. The van der Waals surface area contributed by atoms with E-state index in [0.717, 1.165) is 0 Å². The Bertz CT molecular complexity index is 816. The van der Waals surface area contributed by atoms with Crippen LogP contribution in [0.1, 0.15) is 51.9 Å². The summed E-state index contributed by atoms with van der Waals surface area (Å²) in [5.74, 6) is -1.70. The van der Waals surface area contributed by atoms with Gasteiger partial charge in [0.25, 0.3) is 6.04 Å². The molecule has 1 saturated heterocycles. The minimum Gasteiger partial charge on any atom is -0.782 e. The maximum absolute atomic E-state index is 12.9. The number of nitroso groups, excluding NO2 is 1. The molecule has 16 heteroatoms. The van der Waals surface area contributed by atoms with Crippen molar-refractivity contribution in [1.29, 1.82) is 5.53 Å². The first-order chi connectivity index (χ1) is 17.6. The van der Waals surface area contributed by atoms with Crippen LogP contribution in [0, 0.1) is 20.9 Å². The number of aliphatic carboxylic acids is 1. The topological polar surface area (TPSA) is 237 Å². The van der Waals surface area contributed by atoms with Crippen molar-refractivity contribution in [3.8, 4) is 0 Å². The molecule has 0 aliphatic carbocycles. The zero-order chi connectivity index (χ0) is 27.5. The number of aliphatic hydroxyl groups is 2. The first-order valence-electron chi connectivity index (χ1n) is 12.4. The molecule has 0 saturated carbocycles. The number of fused-ring (bicyclic) bond motifs is 1. The van der Waals surface area contributed by atoms with E-state index in [4.69, 9.17) is 15.4 Å². The normalized spacial score (nSPS) is 25.5. The molecule has 0 aromatic carbocycles. The standard InChI is InChI=1S/C21H36N7O9/c1-2-10-37-20(33)13(25-34)6-5-8-23-21-24-18-15(27(21)35)11-16(29)17(30)12-26(18)9-4-3-7-14(19(31)32)28(22)36/h13-17,21-23,29-30H,2-12H2,1H3,(H,31,32)/q-1/t13-,14-,15+,16-,17+,21?/m0/s1. The molecule has 16 nitrogen and oxygen atoms in total. The summed E-state index contributed by atoms with van der Waals surface area (Å²) >= 11 is 0. The third-order valence-electron chi connectivity index (χ3n) is 6.29.